The van der Waals surface area contributed by atoms with E-state index in [1.54, 1.807) is 7.11 Å². The van der Waals surface area contributed by atoms with Crippen LogP contribution >= 0.6 is 15.9 Å². The van der Waals surface area contributed by atoms with Crippen LogP contribution in [-0.4, -0.2) is 13.7 Å². The van der Waals surface area contributed by atoms with Crippen molar-refractivity contribution in [2.24, 2.45) is 17.8 Å². The summed E-state index contributed by atoms with van der Waals surface area (Å²) in [5.41, 5.74) is 1.17. The van der Waals surface area contributed by atoms with E-state index in [1.165, 1.54) is 31.2 Å². The Balaban J connectivity index is 1.69. The van der Waals surface area contributed by atoms with Crippen LogP contribution in [0.4, 0.5) is 0 Å². The van der Waals surface area contributed by atoms with E-state index in [1.807, 2.05) is 12.1 Å². The van der Waals surface area contributed by atoms with Gasteiger partial charge in [0.05, 0.1) is 13.7 Å². The maximum Gasteiger partial charge on any atom is 0.165 e. The molecule has 0 heterocycles. The number of ether oxygens (including phenoxy) is 2. The third-order valence-electron chi connectivity index (χ3n) is 4.75. The van der Waals surface area contributed by atoms with Gasteiger partial charge in [0.1, 0.15) is 0 Å². The second kappa shape index (κ2) is 5.74. The van der Waals surface area contributed by atoms with Crippen LogP contribution in [0.25, 0.3) is 0 Å². The Kier molecular flexibility index (Phi) is 4.01. The Labute approximate surface area is 123 Å². The molecule has 19 heavy (non-hydrogen) atoms. The van der Waals surface area contributed by atoms with Gasteiger partial charge in [-0.15, -0.1) is 0 Å². The topological polar surface area (TPSA) is 18.5 Å². The van der Waals surface area contributed by atoms with Gasteiger partial charge < -0.3 is 9.47 Å². The van der Waals surface area contributed by atoms with E-state index in [9.17, 15) is 0 Å². The molecule has 0 saturated heterocycles. The molecule has 1 aromatic carbocycles. The summed E-state index contributed by atoms with van der Waals surface area (Å²) in [6.45, 7) is 0.849. The number of fused-ring (bicyclic) bond motifs is 2. The first kappa shape index (κ1) is 13.3. The van der Waals surface area contributed by atoms with Crippen molar-refractivity contribution in [3.8, 4) is 11.5 Å². The van der Waals surface area contributed by atoms with Crippen LogP contribution in [0.2, 0.25) is 0 Å². The predicted octanol–water partition coefficient (Wildman–Crippen LogP) is 4.41. The van der Waals surface area contributed by atoms with Gasteiger partial charge in [0.25, 0.3) is 0 Å². The van der Waals surface area contributed by atoms with E-state index in [4.69, 9.17) is 9.47 Å². The zero-order chi connectivity index (χ0) is 13.2. The van der Waals surface area contributed by atoms with Gasteiger partial charge in [-0.3, -0.25) is 0 Å². The molecule has 3 unspecified atom stereocenters. The molecule has 3 heteroatoms. The number of benzene rings is 1. The van der Waals surface area contributed by atoms with Gasteiger partial charge in [-0.2, -0.15) is 0 Å². The molecule has 2 aliphatic rings. The third kappa shape index (κ3) is 2.62. The van der Waals surface area contributed by atoms with Crippen LogP contribution in [-0.2, 0) is 5.33 Å². The van der Waals surface area contributed by atoms with Crippen LogP contribution in [0.5, 0.6) is 11.5 Å². The average Bonchev–Trinajstić information content (AvgIpc) is 3.07. The normalized spacial score (nSPS) is 28.6. The van der Waals surface area contributed by atoms with Gasteiger partial charge in [-0.05, 0) is 43.1 Å². The van der Waals surface area contributed by atoms with Gasteiger partial charge in [0, 0.05) is 10.9 Å². The molecule has 2 nitrogen and oxygen atoms in total. The molecule has 1 aromatic rings. The molecule has 3 rings (SSSR count). The Hall–Kier alpha value is -0.700. The fourth-order valence-corrected chi connectivity index (χ4v) is 4.20. The zero-order valence-corrected chi connectivity index (χ0v) is 13.0. The quantitative estimate of drug-likeness (QED) is 0.747. The van der Waals surface area contributed by atoms with Gasteiger partial charge in [-0.25, -0.2) is 0 Å². The molecule has 2 bridgehead atoms. The summed E-state index contributed by atoms with van der Waals surface area (Å²) < 4.78 is 11.6. The molecule has 2 saturated carbocycles. The number of alkyl halides is 1. The molecule has 0 N–H and O–H groups in total. The lowest BCUT2D eigenvalue weighted by Gasteiger charge is -2.23. The first-order valence-corrected chi connectivity index (χ1v) is 8.28. The maximum absolute atomic E-state index is 6.13. The average molecular weight is 325 g/mol. The van der Waals surface area contributed by atoms with Crippen molar-refractivity contribution < 1.29 is 9.47 Å². The Bertz CT molecular complexity index is 424. The minimum absolute atomic E-state index is 0.756. The van der Waals surface area contributed by atoms with Crippen molar-refractivity contribution in [1.82, 2.24) is 0 Å². The molecule has 3 atom stereocenters. The van der Waals surface area contributed by atoms with Gasteiger partial charge in [0.15, 0.2) is 11.5 Å². The number of rotatable bonds is 5. The highest BCUT2D eigenvalue weighted by atomic mass is 79.9. The molecule has 0 radical (unpaired) electrons. The van der Waals surface area contributed by atoms with E-state index in [2.05, 4.69) is 22.0 Å². The van der Waals surface area contributed by atoms with Crippen molar-refractivity contribution in [2.75, 3.05) is 13.7 Å². The minimum atomic E-state index is 0.756. The van der Waals surface area contributed by atoms with Crippen LogP contribution in [0.3, 0.4) is 0 Å². The first-order chi connectivity index (χ1) is 9.31. The minimum Gasteiger partial charge on any atom is -0.493 e. The molecular weight excluding hydrogens is 304 g/mol. The number of hydrogen-bond acceptors (Lipinski definition) is 2. The van der Waals surface area contributed by atoms with Crippen molar-refractivity contribution >= 4 is 15.9 Å². The van der Waals surface area contributed by atoms with Crippen molar-refractivity contribution in [1.29, 1.82) is 0 Å². The molecular formula is C16H21BrO2. The lowest BCUT2D eigenvalue weighted by molar-refractivity contribution is 0.189. The molecule has 0 spiro atoms. The fraction of sp³-hybridized carbons (Fsp3) is 0.625. The van der Waals surface area contributed by atoms with Crippen molar-refractivity contribution in [3.05, 3.63) is 23.8 Å². The Morgan fingerprint density at radius 1 is 1.26 bits per heavy atom. The van der Waals surface area contributed by atoms with E-state index < -0.39 is 0 Å². The highest BCUT2D eigenvalue weighted by Gasteiger charge is 2.39. The smallest absolute Gasteiger partial charge is 0.165 e. The van der Waals surface area contributed by atoms with Gasteiger partial charge in [0.2, 0.25) is 0 Å². The Morgan fingerprint density at radius 3 is 2.79 bits per heavy atom. The molecule has 2 fully saturated rings. The van der Waals surface area contributed by atoms with E-state index >= 15 is 0 Å². The number of halogens is 1. The van der Waals surface area contributed by atoms with E-state index in [-0.39, 0.29) is 0 Å². The lowest BCUT2D eigenvalue weighted by atomic mass is 9.89. The van der Waals surface area contributed by atoms with Crippen LogP contribution in [0, 0.1) is 17.8 Å². The van der Waals surface area contributed by atoms with Gasteiger partial charge >= 0.3 is 0 Å². The molecule has 0 aliphatic heterocycles. The van der Waals surface area contributed by atoms with Crippen LogP contribution < -0.4 is 9.47 Å². The number of para-hydroxylation sites is 1. The third-order valence-corrected chi connectivity index (χ3v) is 5.35. The number of hydrogen-bond donors (Lipinski definition) is 0. The summed E-state index contributed by atoms with van der Waals surface area (Å²) in [6, 6.07) is 6.08. The van der Waals surface area contributed by atoms with E-state index in [0.717, 1.165) is 41.2 Å². The molecule has 0 aromatic heterocycles. The zero-order valence-electron chi connectivity index (χ0n) is 11.4. The monoisotopic (exact) mass is 324 g/mol. The highest BCUT2D eigenvalue weighted by Crippen LogP contribution is 2.48. The summed E-state index contributed by atoms with van der Waals surface area (Å²) in [4.78, 5) is 0. The van der Waals surface area contributed by atoms with Crippen LogP contribution in [0.1, 0.15) is 31.2 Å². The van der Waals surface area contributed by atoms with Gasteiger partial charge in [-0.1, -0.05) is 34.5 Å². The summed E-state index contributed by atoms with van der Waals surface area (Å²) in [5, 5.41) is 0.802. The lowest BCUT2D eigenvalue weighted by Crippen LogP contribution is -2.19. The van der Waals surface area contributed by atoms with Crippen LogP contribution in [0.15, 0.2) is 18.2 Å². The second-order valence-corrected chi connectivity index (χ2v) is 6.39. The first-order valence-electron chi connectivity index (χ1n) is 7.16. The molecule has 2 aliphatic carbocycles. The second-order valence-electron chi connectivity index (χ2n) is 5.83. The molecule has 0 amide bonds. The summed E-state index contributed by atoms with van der Waals surface area (Å²) in [6.07, 6.45) is 5.66. The largest absolute Gasteiger partial charge is 0.493 e. The number of methoxy groups -OCH3 is 1. The maximum atomic E-state index is 6.13. The highest BCUT2D eigenvalue weighted by molar-refractivity contribution is 9.08. The summed E-state index contributed by atoms with van der Waals surface area (Å²) in [7, 11) is 1.71. The van der Waals surface area contributed by atoms with E-state index in [0.29, 0.717) is 0 Å². The summed E-state index contributed by atoms with van der Waals surface area (Å²) >= 11 is 3.52. The molecule has 104 valence electrons. The predicted molar refractivity (Wildman–Crippen MR) is 80.1 cm³/mol. The Morgan fingerprint density at radius 2 is 2.16 bits per heavy atom. The fourth-order valence-electron chi connectivity index (χ4n) is 3.76. The van der Waals surface area contributed by atoms with Crippen molar-refractivity contribution in [2.45, 2.75) is 31.0 Å². The standard InChI is InChI=1S/C16H21BrO2/c1-18-15-4-2-3-13(9-17)16(15)19-10-14-8-11-5-6-12(14)7-11/h2-4,11-12,14H,5-10H2,1H3. The van der Waals surface area contributed by atoms with Crippen molar-refractivity contribution in [3.63, 3.8) is 0 Å². The SMILES string of the molecule is COc1cccc(CBr)c1OCC1CC2CCC1C2. The summed E-state index contributed by atoms with van der Waals surface area (Å²) in [5.74, 6) is 4.41.